The van der Waals surface area contributed by atoms with Crippen LogP contribution in [0, 0.1) is 0 Å². The van der Waals surface area contributed by atoms with Crippen molar-refractivity contribution in [3.05, 3.63) is 59.7 Å². The molecule has 0 saturated carbocycles. The van der Waals surface area contributed by atoms with E-state index < -0.39 is 6.10 Å². The highest BCUT2D eigenvalue weighted by atomic mass is 16.5. The highest BCUT2D eigenvalue weighted by Gasteiger charge is 2.18. The molecule has 1 N–H and O–H groups in total. The molecule has 0 saturated heterocycles. The summed E-state index contributed by atoms with van der Waals surface area (Å²) in [7, 11) is 0. The summed E-state index contributed by atoms with van der Waals surface area (Å²) >= 11 is 0. The minimum absolute atomic E-state index is 0.101. The van der Waals surface area contributed by atoms with E-state index in [1.807, 2.05) is 62.4 Å². The molecule has 0 unspecified atom stereocenters. The third-order valence-electron chi connectivity index (χ3n) is 3.97. The van der Waals surface area contributed by atoms with Gasteiger partial charge < -0.3 is 14.8 Å². The van der Waals surface area contributed by atoms with Gasteiger partial charge in [-0.05, 0) is 55.2 Å². The first-order valence-electron chi connectivity index (χ1n) is 8.91. The van der Waals surface area contributed by atoms with Crippen LogP contribution in [0.3, 0.4) is 0 Å². The highest BCUT2D eigenvalue weighted by Crippen LogP contribution is 2.16. The summed E-state index contributed by atoms with van der Waals surface area (Å²) in [5.41, 5.74) is 2.28. The number of hydrogen-bond acceptors (Lipinski definition) is 3. The normalized spacial score (nSPS) is 11.6. The third-order valence-corrected chi connectivity index (χ3v) is 3.97. The van der Waals surface area contributed by atoms with Crippen LogP contribution < -0.4 is 14.8 Å². The van der Waals surface area contributed by atoms with Crippen molar-refractivity contribution >= 4 is 5.91 Å². The van der Waals surface area contributed by atoms with E-state index in [2.05, 4.69) is 12.2 Å². The average Bonchev–Trinajstić information content (AvgIpc) is 2.66. The molecule has 4 nitrogen and oxygen atoms in total. The van der Waals surface area contributed by atoms with Crippen molar-refractivity contribution in [2.45, 2.75) is 46.3 Å². The van der Waals surface area contributed by atoms with Crippen molar-refractivity contribution < 1.29 is 14.3 Å². The number of amides is 1. The van der Waals surface area contributed by atoms with Gasteiger partial charge in [0.2, 0.25) is 0 Å². The number of nitrogens with one attached hydrogen (secondary N) is 1. The fourth-order valence-electron chi connectivity index (χ4n) is 2.46. The quantitative estimate of drug-likeness (QED) is 0.746. The van der Waals surface area contributed by atoms with Crippen molar-refractivity contribution in [3.8, 4) is 11.5 Å². The molecule has 2 aromatic carbocycles. The molecule has 0 aliphatic rings. The molecule has 0 aliphatic heterocycles. The first-order valence-corrected chi connectivity index (χ1v) is 8.91. The first-order chi connectivity index (χ1) is 12.2. The fraction of sp³-hybridized carbons (Fsp3) is 0.381. The monoisotopic (exact) mass is 341 g/mol. The molecular weight excluding hydrogens is 314 g/mol. The van der Waals surface area contributed by atoms with Crippen molar-refractivity contribution in [3.63, 3.8) is 0 Å². The van der Waals surface area contributed by atoms with Crippen LogP contribution in [-0.4, -0.2) is 18.6 Å². The molecule has 0 aliphatic carbocycles. The highest BCUT2D eigenvalue weighted by molar-refractivity contribution is 5.81. The fourth-order valence-corrected chi connectivity index (χ4v) is 2.46. The van der Waals surface area contributed by atoms with Crippen molar-refractivity contribution in [1.29, 1.82) is 0 Å². The van der Waals surface area contributed by atoms with E-state index in [9.17, 15) is 4.79 Å². The molecule has 0 heterocycles. The van der Waals surface area contributed by atoms with E-state index in [4.69, 9.17) is 9.47 Å². The Balaban J connectivity index is 1.88. The summed E-state index contributed by atoms with van der Waals surface area (Å²) in [5, 5.41) is 2.94. The summed E-state index contributed by atoms with van der Waals surface area (Å²) < 4.78 is 11.2. The molecule has 0 aromatic heterocycles. The Morgan fingerprint density at radius 3 is 2.08 bits per heavy atom. The predicted octanol–water partition coefficient (Wildman–Crippen LogP) is 4.12. The second kappa shape index (κ2) is 9.72. The zero-order valence-corrected chi connectivity index (χ0v) is 15.2. The van der Waals surface area contributed by atoms with Gasteiger partial charge in [0, 0.05) is 6.54 Å². The Kier molecular flexibility index (Phi) is 7.33. The van der Waals surface area contributed by atoms with Crippen LogP contribution >= 0.6 is 0 Å². The Bertz CT molecular complexity index is 650. The number of aryl methyl sites for hydroxylation is 1. The summed E-state index contributed by atoms with van der Waals surface area (Å²) in [5.74, 6) is 1.46. The predicted molar refractivity (Wildman–Crippen MR) is 100.0 cm³/mol. The molecule has 4 heteroatoms. The lowest BCUT2D eigenvalue weighted by Crippen LogP contribution is -2.37. The topological polar surface area (TPSA) is 47.6 Å². The smallest absolute Gasteiger partial charge is 0.261 e. The molecular formula is C21H27NO3. The largest absolute Gasteiger partial charge is 0.494 e. The molecule has 2 aromatic rings. The maximum atomic E-state index is 12.4. The molecule has 0 spiro atoms. The van der Waals surface area contributed by atoms with Crippen LogP contribution in [0.4, 0.5) is 0 Å². The second-order valence-corrected chi connectivity index (χ2v) is 5.81. The van der Waals surface area contributed by atoms with Gasteiger partial charge in [-0.3, -0.25) is 4.79 Å². The van der Waals surface area contributed by atoms with Gasteiger partial charge in [0.05, 0.1) is 6.61 Å². The lowest BCUT2D eigenvalue weighted by atomic mass is 10.1. The summed E-state index contributed by atoms with van der Waals surface area (Å²) in [6, 6.07) is 15.6. The van der Waals surface area contributed by atoms with Gasteiger partial charge in [-0.2, -0.15) is 0 Å². The van der Waals surface area contributed by atoms with E-state index in [0.29, 0.717) is 19.6 Å². The minimum Gasteiger partial charge on any atom is -0.494 e. The van der Waals surface area contributed by atoms with E-state index in [1.54, 1.807) is 0 Å². The molecule has 0 fully saturated rings. The molecule has 2 rings (SSSR count). The summed E-state index contributed by atoms with van der Waals surface area (Å²) in [6.07, 6.45) is 1.11. The van der Waals surface area contributed by atoms with Crippen LogP contribution in [0.2, 0.25) is 0 Å². The third kappa shape index (κ3) is 5.82. The average molecular weight is 341 g/mol. The summed E-state index contributed by atoms with van der Waals surface area (Å²) in [6.45, 7) is 7.13. The van der Waals surface area contributed by atoms with Crippen LogP contribution in [0.5, 0.6) is 11.5 Å². The standard InChI is InChI=1S/C21H27NO3/c1-4-16-7-13-19(14-8-16)25-20(5-2)21(23)22-15-17-9-11-18(12-10-17)24-6-3/h7-14,20H,4-6,15H2,1-3H3,(H,22,23)/t20-/m1/s1. The number of hydrogen-bond donors (Lipinski definition) is 1. The van der Waals surface area contributed by atoms with Gasteiger partial charge >= 0.3 is 0 Å². The first kappa shape index (κ1) is 18.8. The minimum atomic E-state index is -0.491. The molecule has 25 heavy (non-hydrogen) atoms. The number of benzene rings is 2. The van der Waals surface area contributed by atoms with Gasteiger partial charge in [0.15, 0.2) is 6.10 Å². The Morgan fingerprint density at radius 2 is 1.52 bits per heavy atom. The van der Waals surface area contributed by atoms with Gasteiger partial charge in [-0.15, -0.1) is 0 Å². The van der Waals surface area contributed by atoms with E-state index in [-0.39, 0.29) is 5.91 Å². The Morgan fingerprint density at radius 1 is 0.920 bits per heavy atom. The number of carbonyl (C=O) groups excluding carboxylic acids is 1. The van der Waals surface area contributed by atoms with E-state index in [1.165, 1.54) is 5.56 Å². The van der Waals surface area contributed by atoms with Gasteiger partial charge in [0.1, 0.15) is 11.5 Å². The van der Waals surface area contributed by atoms with E-state index in [0.717, 1.165) is 23.5 Å². The number of rotatable bonds is 9. The SMILES string of the molecule is CCOc1ccc(CNC(=O)[C@@H](CC)Oc2ccc(CC)cc2)cc1. The molecule has 134 valence electrons. The van der Waals surface area contributed by atoms with Crippen LogP contribution in [0.15, 0.2) is 48.5 Å². The Hall–Kier alpha value is -2.49. The lowest BCUT2D eigenvalue weighted by Gasteiger charge is -2.17. The lowest BCUT2D eigenvalue weighted by molar-refractivity contribution is -0.128. The molecule has 1 amide bonds. The van der Waals surface area contributed by atoms with Crippen LogP contribution in [0.25, 0.3) is 0 Å². The van der Waals surface area contributed by atoms with Crippen LogP contribution in [-0.2, 0) is 17.8 Å². The molecule has 1 atom stereocenters. The molecule has 0 bridgehead atoms. The van der Waals surface area contributed by atoms with Crippen molar-refractivity contribution in [1.82, 2.24) is 5.32 Å². The second-order valence-electron chi connectivity index (χ2n) is 5.81. The number of carbonyl (C=O) groups is 1. The summed E-state index contributed by atoms with van der Waals surface area (Å²) in [4.78, 5) is 12.4. The van der Waals surface area contributed by atoms with Crippen molar-refractivity contribution in [2.24, 2.45) is 0 Å². The van der Waals surface area contributed by atoms with Crippen LogP contribution in [0.1, 0.15) is 38.3 Å². The maximum absolute atomic E-state index is 12.4. The van der Waals surface area contributed by atoms with E-state index >= 15 is 0 Å². The zero-order chi connectivity index (χ0) is 18.1. The van der Waals surface area contributed by atoms with Gasteiger partial charge in [-0.25, -0.2) is 0 Å². The van der Waals surface area contributed by atoms with Gasteiger partial charge in [0.25, 0.3) is 5.91 Å². The Labute approximate surface area is 150 Å². The maximum Gasteiger partial charge on any atom is 0.261 e. The van der Waals surface area contributed by atoms with Gasteiger partial charge in [-0.1, -0.05) is 38.1 Å². The number of ether oxygens (including phenoxy) is 2. The van der Waals surface area contributed by atoms with Crippen molar-refractivity contribution in [2.75, 3.05) is 6.61 Å². The molecule has 0 radical (unpaired) electrons. The zero-order valence-electron chi connectivity index (χ0n) is 15.2.